The topological polar surface area (TPSA) is 57.7 Å². The number of halogens is 1. The average Bonchev–Trinajstić information content (AvgIpc) is 2.77. The standard InChI is InChI=1S/C24H23FN2O3S/c1-3-16-27(31(29,30)23-10-5-4-6-11-23)22-14-12-20(13-15-22)24(28)26(2)18-19-8-7-9-21(25)17-19/h3-15,17H,1,16,18H2,2H3. The van der Waals surface area contributed by atoms with Gasteiger partial charge in [-0.3, -0.25) is 9.10 Å². The Hall–Kier alpha value is -3.45. The molecule has 160 valence electrons. The summed E-state index contributed by atoms with van der Waals surface area (Å²) in [6.07, 6.45) is 1.51. The highest BCUT2D eigenvalue weighted by molar-refractivity contribution is 7.92. The van der Waals surface area contributed by atoms with Crippen LogP contribution in [0, 0.1) is 5.82 Å². The number of carbonyl (C=O) groups excluding carboxylic acids is 1. The lowest BCUT2D eigenvalue weighted by molar-refractivity contribution is 0.0785. The van der Waals surface area contributed by atoms with Crippen LogP contribution in [0.1, 0.15) is 15.9 Å². The van der Waals surface area contributed by atoms with Crippen LogP contribution in [-0.2, 0) is 16.6 Å². The van der Waals surface area contributed by atoms with Gasteiger partial charge >= 0.3 is 0 Å². The van der Waals surface area contributed by atoms with Gasteiger partial charge in [-0.2, -0.15) is 0 Å². The molecule has 0 heterocycles. The number of nitrogens with zero attached hydrogens (tertiary/aromatic N) is 2. The van der Waals surface area contributed by atoms with E-state index in [9.17, 15) is 17.6 Å². The molecule has 0 aromatic heterocycles. The fourth-order valence-electron chi connectivity index (χ4n) is 3.15. The molecule has 0 aliphatic carbocycles. The van der Waals surface area contributed by atoms with Crippen molar-refractivity contribution in [2.75, 3.05) is 17.9 Å². The van der Waals surface area contributed by atoms with E-state index in [4.69, 9.17) is 0 Å². The van der Waals surface area contributed by atoms with Gasteiger partial charge in [-0.1, -0.05) is 36.4 Å². The molecule has 31 heavy (non-hydrogen) atoms. The van der Waals surface area contributed by atoms with E-state index in [-0.39, 0.29) is 29.7 Å². The molecule has 0 atom stereocenters. The zero-order valence-corrected chi connectivity index (χ0v) is 17.9. The second-order valence-electron chi connectivity index (χ2n) is 6.98. The van der Waals surface area contributed by atoms with Crippen molar-refractivity contribution >= 4 is 21.6 Å². The molecule has 0 spiro atoms. The van der Waals surface area contributed by atoms with Crippen LogP contribution in [-0.4, -0.2) is 32.8 Å². The Morgan fingerprint density at radius 1 is 1.00 bits per heavy atom. The minimum Gasteiger partial charge on any atom is -0.337 e. The molecule has 7 heteroatoms. The second kappa shape index (κ2) is 9.57. The van der Waals surface area contributed by atoms with Crippen LogP contribution in [0.4, 0.5) is 10.1 Å². The third-order valence-electron chi connectivity index (χ3n) is 4.68. The van der Waals surface area contributed by atoms with Gasteiger partial charge in [0.05, 0.1) is 17.1 Å². The van der Waals surface area contributed by atoms with Gasteiger partial charge in [0.25, 0.3) is 15.9 Å². The summed E-state index contributed by atoms with van der Waals surface area (Å²) in [4.78, 5) is 14.4. The van der Waals surface area contributed by atoms with E-state index in [1.165, 1.54) is 39.5 Å². The van der Waals surface area contributed by atoms with Crippen molar-refractivity contribution in [3.8, 4) is 0 Å². The van der Waals surface area contributed by atoms with Crippen molar-refractivity contribution in [3.05, 3.63) is 108 Å². The van der Waals surface area contributed by atoms with E-state index < -0.39 is 10.0 Å². The van der Waals surface area contributed by atoms with Gasteiger partial charge in [0.2, 0.25) is 0 Å². The number of rotatable bonds is 8. The molecule has 0 radical (unpaired) electrons. The Labute approximate surface area is 182 Å². The van der Waals surface area contributed by atoms with E-state index in [0.29, 0.717) is 16.8 Å². The average molecular weight is 439 g/mol. The molecule has 0 N–H and O–H groups in total. The minimum absolute atomic E-state index is 0.0873. The molecule has 0 unspecified atom stereocenters. The largest absolute Gasteiger partial charge is 0.337 e. The maximum absolute atomic E-state index is 13.4. The molecule has 3 aromatic rings. The normalized spacial score (nSPS) is 11.0. The zero-order valence-electron chi connectivity index (χ0n) is 17.1. The first-order chi connectivity index (χ1) is 14.8. The fraction of sp³-hybridized carbons (Fsp3) is 0.125. The molecule has 0 bridgehead atoms. The fourth-order valence-corrected chi connectivity index (χ4v) is 4.61. The second-order valence-corrected chi connectivity index (χ2v) is 8.84. The first kappa shape index (κ1) is 22.2. The summed E-state index contributed by atoms with van der Waals surface area (Å²) in [5, 5.41) is 0. The summed E-state index contributed by atoms with van der Waals surface area (Å²) in [6.45, 7) is 4.00. The van der Waals surface area contributed by atoms with Crippen molar-refractivity contribution in [1.82, 2.24) is 4.90 Å². The lowest BCUT2D eigenvalue weighted by Gasteiger charge is -2.24. The van der Waals surface area contributed by atoms with Gasteiger partial charge in [-0.15, -0.1) is 6.58 Å². The molecular formula is C24H23FN2O3S. The summed E-state index contributed by atoms with van der Waals surface area (Å²) in [7, 11) is -2.15. The molecule has 0 fully saturated rings. The third kappa shape index (κ3) is 5.19. The number of anilines is 1. The molecule has 0 saturated carbocycles. The van der Waals surface area contributed by atoms with Gasteiger partial charge in [0.15, 0.2) is 0 Å². The first-order valence-corrected chi connectivity index (χ1v) is 11.1. The van der Waals surface area contributed by atoms with Crippen LogP contribution >= 0.6 is 0 Å². The van der Waals surface area contributed by atoms with E-state index in [1.807, 2.05) is 0 Å². The smallest absolute Gasteiger partial charge is 0.264 e. The number of hydrogen-bond donors (Lipinski definition) is 0. The van der Waals surface area contributed by atoms with E-state index in [2.05, 4.69) is 6.58 Å². The van der Waals surface area contributed by atoms with Gasteiger partial charge in [-0.25, -0.2) is 12.8 Å². The number of amides is 1. The predicted molar refractivity (Wildman–Crippen MR) is 120 cm³/mol. The lowest BCUT2D eigenvalue weighted by Crippen LogP contribution is -2.31. The predicted octanol–water partition coefficient (Wildman–Crippen LogP) is 4.48. The molecule has 1 amide bonds. The van der Waals surface area contributed by atoms with Crippen molar-refractivity contribution in [2.45, 2.75) is 11.4 Å². The van der Waals surface area contributed by atoms with Crippen molar-refractivity contribution in [2.24, 2.45) is 0 Å². The maximum Gasteiger partial charge on any atom is 0.264 e. The van der Waals surface area contributed by atoms with Crippen LogP contribution in [0.5, 0.6) is 0 Å². The summed E-state index contributed by atoms with van der Waals surface area (Å²) in [6, 6.07) is 20.6. The Kier molecular flexibility index (Phi) is 6.87. The number of carbonyl (C=O) groups is 1. The highest BCUT2D eigenvalue weighted by Gasteiger charge is 2.24. The SMILES string of the molecule is C=CCN(c1ccc(C(=O)N(C)Cc2cccc(F)c2)cc1)S(=O)(=O)c1ccccc1. The van der Waals surface area contributed by atoms with Gasteiger partial charge < -0.3 is 4.90 Å². The van der Waals surface area contributed by atoms with Crippen molar-refractivity contribution in [1.29, 1.82) is 0 Å². The first-order valence-electron chi connectivity index (χ1n) is 9.61. The Morgan fingerprint density at radius 3 is 2.29 bits per heavy atom. The lowest BCUT2D eigenvalue weighted by atomic mass is 10.1. The van der Waals surface area contributed by atoms with E-state index in [0.717, 1.165) is 0 Å². The van der Waals surface area contributed by atoms with Crippen LogP contribution in [0.15, 0.2) is 96.4 Å². The summed E-state index contributed by atoms with van der Waals surface area (Å²) in [5.74, 6) is -0.610. The molecule has 3 aromatic carbocycles. The van der Waals surface area contributed by atoms with E-state index in [1.54, 1.807) is 61.6 Å². The quantitative estimate of drug-likeness (QED) is 0.487. The summed E-state index contributed by atoms with van der Waals surface area (Å²) < 4.78 is 40.7. The van der Waals surface area contributed by atoms with Crippen molar-refractivity contribution < 1.29 is 17.6 Å². The monoisotopic (exact) mass is 438 g/mol. The zero-order chi connectivity index (χ0) is 22.4. The van der Waals surface area contributed by atoms with Crippen LogP contribution in [0.25, 0.3) is 0 Å². The molecule has 3 rings (SSSR count). The van der Waals surface area contributed by atoms with Crippen LogP contribution in [0.2, 0.25) is 0 Å². The number of hydrogen-bond acceptors (Lipinski definition) is 3. The highest BCUT2D eigenvalue weighted by Crippen LogP contribution is 2.24. The molecule has 0 saturated heterocycles. The van der Waals surface area contributed by atoms with Crippen LogP contribution < -0.4 is 4.31 Å². The number of sulfonamides is 1. The molecular weight excluding hydrogens is 415 g/mol. The number of benzene rings is 3. The molecule has 5 nitrogen and oxygen atoms in total. The summed E-state index contributed by atoms with van der Waals surface area (Å²) in [5.41, 5.74) is 1.50. The molecule has 0 aliphatic rings. The third-order valence-corrected chi connectivity index (χ3v) is 6.49. The Balaban J connectivity index is 1.81. The van der Waals surface area contributed by atoms with Crippen LogP contribution in [0.3, 0.4) is 0 Å². The molecule has 0 aliphatic heterocycles. The highest BCUT2D eigenvalue weighted by atomic mass is 32.2. The maximum atomic E-state index is 13.4. The Morgan fingerprint density at radius 2 is 1.68 bits per heavy atom. The van der Waals surface area contributed by atoms with Crippen molar-refractivity contribution in [3.63, 3.8) is 0 Å². The van der Waals surface area contributed by atoms with Gasteiger partial charge in [0.1, 0.15) is 5.82 Å². The summed E-state index contributed by atoms with van der Waals surface area (Å²) >= 11 is 0. The van der Waals surface area contributed by atoms with Gasteiger partial charge in [0, 0.05) is 19.2 Å². The Bertz CT molecular complexity index is 1160. The van der Waals surface area contributed by atoms with E-state index >= 15 is 0 Å². The minimum atomic E-state index is -3.78. The van der Waals surface area contributed by atoms with Gasteiger partial charge in [-0.05, 0) is 54.1 Å².